The number of fused-ring (bicyclic) bond motifs is 6. The summed E-state index contributed by atoms with van der Waals surface area (Å²) in [4.78, 5) is 12.1. The summed E-state index contributed by atoms with van der Waals surface area (Å²) in [6, 6.07) is 7.41. The van der Waals surface area contributed by atoms with Crippen molar-refractivity contribution in [2.24, 2.45) is 0 Å². The summed E-state index contributed by atoms with van der Waals surface area (Å²) < 4.78 is 28.2. The average Bonchev–Trinajstić information content (AvgIpc) is 3.41. The average molecular weight is 397 g/mol. The second-order valence-corrected chi connectivity index (χ2v) is 7.60. The molecular formula is C21H19NO7. The Labute approximate surface area is 166 Å². The van der Waals surface area contributed by atoms with Crippen molar-refractivity contribution in [3.8, 4) is 23.0 Å². The first-order valence-corrected chi connectivity index (χ1v) is 9.55. The van der Waals surface area contributed by atoms with E-state index >= 15 is 0 Å². The molecule has 0 aromatic heterocycles. The van der Waals surface area contributed by atoms with Crippen molar-refractivity contribution in [2.45, 2.75) is 31.1 Å². The van der Waals surface area contributed by atoms with Crippen molar-refractivity contribution >= 4 is 5.97 Å². The van der Waals surface area contributed by atoms with Crippen molar-refractivity contribution in [1.29, 1.82) is 0 Å². The van der Waals surface area contributed by atoms with Crippen LogP contribution in [0.2, 0.25) is 0 Å². The van der Waals surface area contributed by atoms with Gasteiger partial charge in [-0.05, 0) is 41.3 Å². The van der Waals surface area contributed by atoms with Gasteiger partial charge in [0.2, 0.25) is 13.6 Å². The third-order valence-corrected chi connectivity index (χ3v) is 6.15. The van der Waals surface area contributed by atoms with E-state index < -0.39 is 23.7 Å². The van der Waals surface area contributed by atoms with Crippen LogP contribution in [-0.4, -0.2) is 31.2 Å². The van der Waals surface area contributed by atoms with E-state index in [1.165, 1.54) is 6.92 Å². The van der Waals surface area contributed by atoms with E-state index in [0.717, 1.165) is 17.5 Å². The SMILES string of the molecule is CC(=O)O[C@H]1c2c(ccc3c2OCO3)[C@@H](O)[C@@]12NCCc1cc3c(cc12)OCO3. The van der Waals surface area contributed by atoms with Gasteiger partial charge in [0.15, 0.2) is 29.1 Å². The van der Waals surface area contributed by atoms with E-state index in [9.17, 15) is 9.90 Å². The molecule has 1 aliphatic carbocycles. The van der Waals surface area contributed by atoms with Gasteiger partial charge in [-0.1, -0.05) is 6.07 Å². The third kappa shape index (κ3) is 2.13. The Morgan fingerprint density at radius 2 is 1.90 bits per heavy atom. The number of carbonyl (C=O) groups excluding carboxylic acids is 1. The molecule has 0 amide bonds. The predicted molar refractivity (Wildman–Crippen MR) is 98.0 cm³/mol. The van der Waals surface area contributed by atoms with Crippen LogP contribution in [0.4, 0.5) is 0 Å². The number of esters is 1. The first-order chi connectivity index (χ1) is 14.1. The lowest BCUT2D eigenvalue weighted by atomic mass is 9.76. The Bertz CT molecular complexity index is 1050. The van der Waals surface area contributed by atoms with Gasteiger partial charge in [0.25, 0.3) is 0 Å². The molecule has 150 valence electrons. The second kappa shape index (κ2) is 5.77. The minimum atomic E-state index is -1.07. The Morgan fingerprint density at radius 1 is 1.14 bits per heavy atom. The summed E-state index contributed by atoms with van der Waals surface area (Å²) >= 11 is 0. The fourth-order valence-electron chi connectivity index (χ4n) is 5.01. The molecule has 8 heteroatoms. The van der Waals surface area contributed by atoms with E-state index in [1.807, 2.05) is 18.2 Å². The molecule has 8 nitrogen and oxygen atoms in total. The quantitative estimate of drug-likeness (QED) is 0.704. The molecule has 4 aliphatic rings. The zero-order valence-corrected chi connectivity index (χ0v) is 15.7. The van der Waals surface area contributed by atoms with Crippen molar-refractivity contribution < 1.29 is 33.6 Å². The van der Waals surface area contributed by atoms with Crippen molar-refractivity contribution in [2.75, 3.05) is 20.1 Å². The van der Waals surface area contributed by atoms with Crippen LogP contribution in [0.1, 0.15) is 41.4 Å². The molecule has 2 aromatic carbocycles. The van der Waals surface area contributed by atoms with E-state index in [4.69, 9.17) is 23.7 Å². The number of carbonyl (C=O) groups is 1. The van der Waals surface area contributed by atoms with Crippen LogP contribution in [0.5, 0.6) is 23.0 Å². The molecule has 0 saturated heterocycles. The summed E-state index contributed by atoms with van der Waals surface area (Å²) in [7, 11) is 0. The molecule has 29 heavy (non-hydrogen) atoms. The lowest BCUT2D eigenvalue weighted by molar-refractivity contribution is -0.154. The molecule has 0 radical (unpaired) electrons. The van der Waals surface area contributed by atoms with Crippen LogP contribution in [0.15, 0.2) is 24.3 Å². The lowest BCUT2D eigenvalue weighted by Gasteiger charge is -2.43. The fourth-order valence-corrected chi connectivity index (χ4v) is 5.01. The van der Waals surface area contributed by atoms with Gasteiger partial charge < -0.3 is 34.1 Å². The highest BCUT2D eigenvalue weighted by Crippen LogP contribution is 2.61. The Morgan fingerprint density at radius 3 is 2.72 bits per heavy atom. The van der Waals surface area contributed by atoms with Crippen LogP contribution in [0.25, 0.3) is 0 Å². The number of aliphatic hydroxyl groups excluding tert-OH is 1. The summed E-state index contributed by atoms with van der Waals surface area (Å²) in [6.07, 6.45) is -1.00. The van der Waals surface area contributed by atoms with E-state index in [-0.39, 0.29) is 13.6 Å². The molecule has 2 aromatic rings. The number of ether oxygens (including phenoxy) is 5. The minimum absolute atomic E-state index is 0.0877. The van der Waals surface area contributed by atoms with Gasteiger partial charge in [0.1, 0.15) is 11.6 Å². The summed E-state index contributed by atoms with van der Waals surface area (Å²) in [5.74, 6) is 1.95. The number of nitrogens with one attached hydrogen (secondary N) is 1. The monoisotopic (exact) mass is 397 g/mol. The molecule has 0 fully saturated rings. The Hall–Kier alpha value is -2.97. The molecule has 3 atom stereocenters. The lowest BCUT2D eigenvalue weighted by Crippen LogP contribution is -2.53. The number of benzene rings is 2. The smallest absolute Gasteiger partial charge is 0.303 e. The maximum absolute atomic E-state index is 12.1. The van der Waals surface area contributed by atoms with Gasteiger partial charge >= 0.3 is 5.97 Å². The fraction of sp³-hybridized carbons (Fsp3) is 0.381. The Kier molecular flexibility index (Phi) is 3.37. The molecule has 6 rings (SSSR count). The molecule has 1 spiro atoms. The molecule has 2 N–H and O–H groups in total. The molecule has 0 bridgehead atoms. The molecule has 3 heterocycles. The zero-order valence-electron chi connectivity index (χ0n) is 15.7. The van der Waals surface area contributed by atoms with Crippen molar-refractivity contribution in [3.05, 3.63) is 46.5 Å². The van der Waals surface area contributed by atoms with Crippen LogP contribution < -0.4 is 24.3 Å². The first-order valence-electron chi connectivity index (χ1n) is 9.55. The molecular weight excluding hydrogens is 378 g/mol. The number of rotatable bonds is 1. The second-order valence-electron chi connectivity index (χ2n) is 7.60. The van der Waals surface area contributed by atoms with Crippen LogP contribution in [0.3, 0.4) is 0 Å². The standard InChI is InChI=1S/C21H19NO7/c1-10(23)29-20-17-12(2-3-14-18(17)28-9-25-14)19(24)21(20)13-7-16-15(26-8-27-16)6-11(13)4-5-22-21/h2-3,6-7,19-20,22,24H,4-5,8-9H2,1H3/t19-,20+,21-/m1/s1. The third-order valence-electron chi connectivity index (χ3n) is 6.15. The minimum Gasteiger partial charge on any atom is -0.455 e. The maximum atomic E-state index is 12.1. The van der Waals surface area contributed by atoms with Crippen molar-refractivity contribution in [1.82, 2.24) is 5.32 Å². The predicted octanol–water partition coefficient (Wildman–Crippen LogP) is 1.84. The van der Waals surface area contributed by atoms with Crippen LogP contribution in [0, 0.1) is 0 Å². The van der Waals surface area contributed by atoms with Crippen molar-refractivity contribution in [3.63, 3.8) is 0 Å². The summed E-state index contributed by atoms with van der Waals surface area (Å²) in [5.41, 5.74) is 2.07. The van der Waals surface area contributed by atoms with E-state index in [0.29, 0.717) is 40.7 Å². The van der Waals surface area contributed by atoms with E-state index in [1.54, 1.807) is 6.07 Å². The summed E-state index contributed by atoms with van der Waals surface area (Å²) in [6.45, 7) is 2.22. The molecule has 0 saturated carbocycles. The number of hydrogen-bond acceptors (Lipinski definition) is 8. The van der Waals surface area contributed by atoms with Gasteiger partial charge in [-0.3, -0.25) is 4.79 Å². The molecule has 0 unspecified atom stereocenters. The van der Waals surface area contributed by atoms with Crippen LogP contribution >= 0.6 is 0 Å². The van der Waals surface area contributed by atoms with Gasteiger partial charge in [0.05, 0.1) is 0 Å². The Balaban J connectivity index is 1.61. The zero-order chi connectivity index (χ0) is 19.8. The van der Waals surface area contributed by atoms with Gasteiger partial charge in [0, 0.05) is 19.0 Å². The largest absolute Gasteiger partial charge is 0.455 e. The summed E-state index contributed by atoms with van der Waals surface area (Å²) in [5, 5.41) is 15.0. The number of aliphatic hydroxyl groups is 1. The maximum Gasteiger partial charge on any atom is 0.303 e. The van der Waals surface area contributed by atoms with Gasteiger partial charge in [-0.25, -0.2) is 0 Å². The number of hydrogen-bond donors (Lipinski definition) is 2. The van der Waals surface area contributed by atoms with E-state index in [2.05, 4.69) is 5.32 Å². The van der Waals surface area contributed by atoms with Gasteiger partial charge in [-0.15, -0.1) is 0 Å². The van der Waals surface area contributed by atoms with Crippen LogP contribution in [-0.2, 0) is 21.5 Å². The normalized spacial score (nSPS) is 27.7. The molecule has 3 aliphatic heterocycles. The first kappa shape index (κ1) is 16.9. The highest BCUT2D eigenvalue weighted by Gasteiger charge is 2.60. The highest BCUT2D eigenvalue weighted by molar-refractivity contribution is 5.69. The topological polar surface area (TPSA) is 95.5 Å². The highest BCUT2D eigenvalue weighted by atomic mass is 16.7. The van der Waals surface area contributed by atoms with Gasteiger partial charge in [-0.2, -0.15) is 0 Å².